The molecule has 164 valence electrons. The number of ether oxygens (including phenoxy) is 3. The highest BCUT2D eigenvalue weighted by Gasteiger charge is 2.36. The van der Waals surface area contributed by atoms with Crippen LogP contribution in [0.3, 0.4) is 0 Å². The molecule has 0 fully saturated rings. The fourth-order valence-electron chi connectivity index (χ4n) is 3.63. The van der Waals surface area contributed by atoms with E-state index in [2.05, 4.69) is 38.0 Å². The number of benzene rings is 2. The van der Waals surface area contributed by atoms with Crippen LogP contribution in [0, 0.1) is 0 Å². The largest absolute Gasteiger partial charge is 0.454 e. The van der Waals surface area contributed by atoms with Crippen molar-refractivity contribution in [3.8, 4) is 28.6 Å². The number of carbonyl (C=O) groups is 1. The van der Waals surface area contributed by atoms with Crippen molar-refractivity contribution < 1.29 is 19.0 Å². The van der Waals surface area contributed by atoms with E-state index in [0.29, 0.717) is 39.5 Å². The maximum Gasteiger partial charge on any atom is 0.247 e. The second-order valence-corrected chi connectivity index (χ2v) is 9.12. The number of hydrogen-bond donors (Lipinski definition) is 0. The summed E-state index contributed by atoms with van der Waals surface area (Å²) in [6.07, 6.45) is 0.180. The van der Waals surface area contributed by atoms with Gasteiger partial charge in [-0.25, -0.2) is 0 Å². The lowest BCUT2D eigenvalue weighted by Crippen LogP contribution is -2.36. The Morgan fingerprint density at radius 2 is 2.00 bits per heavy atom. The van der Waals surface area contributed by atoms with Crippen LogP contribution in [0.1, 0.15) is 32.1 Å². The van der Waals surface area contributed by atoms with Gasteiger partial charge in [0, 0.05) is 28.3 Å². The maximum absolute atomic E-state index is 12.9. The Kier molecular flexibility index (Phi) is 5.64. The van der Waals surface area contributed by atoms with E-state index in [1.54, 1.807) is 4.90 Å². The number of rotatable bonds is 4. The van der Waals surface area contributed by atoms with Crippen molar-refractivity contribution in [2.75, 3.05) is 17.4 Å². The number of nitrogens with zero attached hydrogens (tertiary/aromatic N) is 4. The van der Waals surface area contributed by atoms with E-state index in [1.165, 1.54) is 18.7 Å². The average molecular weight is 515 g/mol. The number of carbonyl (C=O) groups excluding carboxylic acids is 1. The molecule has 1 aromatic heterocycles. The summed E-state index contributed by atoms with van der Waals surface area (Å²) >= 11 is 5.12. The topological polar surface area (TPSA) is 86.7 Å². The number of aromatic nitrogens is 3. The van der Waals surface area contributed by atoms with Crippen LogP contribution in [0.25, 0.3) is 11.3 Å². The van der Waals surface area contributed by atoms with Crippen molar-refractivity contribution in [3.05, 3.63) is 46.4 Å². The second-order valence-electron chi connectivity index (χ2n) is 7.20. The van der Waals surface area contributed by atoms with Gasteiger partial charge in [-0.2, -0.15) is 4.98 Å². The minimum atomic E-state index is -0.806. The number of fused-ring (bicyclic) bond motifs is 4. The van der Waals surface area contributed by atoms with Gasteiger partial charge in [-0.05, 0) is 24.6 Å². The molecule has 3 heterocycles. The number of para-hydroxylation sites is 1. The Morgan fingerprint density at radius 3 is 2.78 bits per heavy atom. The summed E-state index contributed by atoms with van der Waals surface area (Å²) in [5.74, 6) is 2.23. The molecular formula is C22H19BrN4O4S. The van der Waals surface area contributed by atoms with Gasteiger partial charge in [0.1, 0.15) is 0 Å². The third-order valence-corrected chi connectivity index (χ3v) is 6.77. The van der Waals surface area contributed by atoms with Crippen molar-refractivity contribution in [3.63, 3.8) is 0 Å². The van der Waals surface area contributed by atoms with Crippen LogP contribution in [-0.4, -0.2) is 33.6 Å². The predicted molar refractivity (Wildman–Crippen MR) is 123 cm³/mol. The smallest absolute Gasteiger partial charge is 0.247 e. The first-order valence-corrected chi connectivity index (χ1v) is 11.9. The zero-order valence-electron chi connectivity index (χ0n) is 17.4. The Bertz CT molecular complexity index is 1210. The Hall–Kier alpha value is -2.85. The molecule has 1 amide bonds. The summed E-state index contributed by atoms with van der Waals surface area (Å²) in [5, 5.41) is 9.23. The minimum absolute atomic E-state index is 0.147. The molecule has 2 aromatic carbocycles. The van der Waals surface area contributed by atoms with Crippen molar-refractivity contribution >= 4 is 39.3 Å². The molecule has 0 radical (unpaired) electrons. The molecule has 0 bridgehead atoms. The highest BCUT2D eigenvalue weighted by molar-refractivity contribution is 9.10. The summed E-state index contributed by atoms with van der Waals surface area (Å²) in [7, 11) is 0. The number of hydrogen-bond acceptors (Lipinski definition) is 8. The van der Waals surface area contributed by atoms with E-state index in [1.807, 2.05) is 36.4 Å². The van der Waals surface area contributed by atoms with Gasteiger partial charge >= 0.3 is 0 Å². The summed E-state index contributed by atoms with van der Waals surface area (Å²) < 4.78 is 18.2. The monoisotopic (exact) mass is 514 g/mol. The molecule has 2 aliphatic heterocycles. The molecule has 5 rings (SSSR count). The third kappa shape index (κ3) is 3.67. The first-order valence-electron chi connectivity index (χ1n) is 10.1. The quantitative estimate of drug-likeness (QED) is 0.450. The zero-order chi connectivity index (χ0) is 22.2. The zero-order valence-corrected chi connectivity index (χ0v) is 19.8. The molecule has 32 heavy (non-hydrogen) atoms. The Balaban J connectivity index is 1.70. The normalized spacial score (nSPS) is 16.1. The lowest BCUT2D eigenvalue weighted by Gasteiger charge is -2.30. The summed E-state index contributed by atoms with van der Waals surface area (Å²) in [5.41, 5.74) is 2.59. The summed E-state index contributed by atoms with van der Waals surface area (Å²) in [6, 6.07) is 11.2. The number of thioether (sulfide) groups is 1. The summed E-state index contributed by atoms with van der Waals surface area (Å²) in [4.78, 5) is 19.2. The second kappa shape index (κ2) is 8.59. The first-order chi connectivity index (χ1) is 15.6. The molecule has 0 aliphatic carbocycles. The highest BCUT2D eigenvalue weighted by Crippen LogP contribution is 2.46. The van der Waals surface area contributed by atoms with E-state index >= 15 is 0 Å². The molecule has 0 spiro atoms. The fourth-order valence-corrected chi connectivity index (χ4v) is 4.78. The van der Waals surface area contributed by atoms with Crippen LogP contribution in [0.15, 0.2) is 46.0 Å². The van der Waals surface area contributed by atoms with Crippen molar-refractivity contribution in [2.45, 2.75) is 31.7 Å². The van der Waals surface area contributed by atoms with Crippen LogP contribution < -0.4 is 19.1 Å². The molecule has 0 saturated carbocycles. The minimum Gasteiger partial charge on any atom is -0.454 e. The predicted octanol–water partition coefficient (Wildman–Crippen LogP) is 4.98. The van der Waals surface area contributed by atoms with E-state index in [-0.39, 0.29) is 12.7 Å². The molecule has 0 N–H and O–H groups in total. The van der Waals surface area contributed by atoms with Gasteiger partial charge in [-0.1, -0.05) is 52.8 Å². The Labute approximate surface area is 197 Å². The first kappa shape index (κ1) is 21.0. The van der Waals surface area contributed by atoms with Crippen molar-refractivity contribution in [2.24, 2.45) is 0 Å². The van der Waals surface area contributed by atoms with Gasteiger partial charge in [0.2, 0.25) is 30.0 Å². The Morgan fingerprint density at radius 1 is 1.22 bits per heavy atom. The summed E-state index contributed by atoms with van der Waals surface area (Å²) in [6.45, 7) is 3.74. The SMILES string of the molecule is CCCSc1nnc2c(n1)O[C@H](c1cc3c(cc1Br)OCO3)N(C(C)=O)c1ccccc1-2. The molecule has 0 saturated heterocycles. The van der Waals surface area contributed by atoms with Gasteiger partial charge in [0.25, 0.3) is 0 Å². The molecule has 3 aromatic rings. The highest BCUT2D eigenvalue weighted by atomic mass is 79.9. The van der Waals surface area contributed by atoms with Gasteiger partial charge in [0.15, 0.2) is 17.2 Å². The van der Waals surface area contributed by atoms with E-state index in [0.717, 1.165) is 22.2 Å². The molecule has 1 atom stereocenters. The molecule has 2 aliphatic rings. The lowest BCUT2D eigenvalue weighted by molar-refractivity contribution is -0.118. The lowest BCUT2D eigenvalue weighted by atomic mass is 10.1. The van der Waals surface area contributed by atoms with E-state index < -0.39 is 6.23 Å². The third-order valence-electron chi connectivity index (χ3n) is 5.04. The fraction of sp³-hybridized carbons (Fsp3) is 0.273. The van der Waals surface area contributed by atoms with Crippen LogP contribution >= 0.6 is 27.7 Å². The van der Waals surface area contributed by atoms with Gasteiger partial charge in [-0.3, -0.25) is 9.69 Å². The maximum atomic E-state index is 12.9. The van der Waals surface area contributed by atoms with Gasteiger partial charge in [-0.15, -0.1) is 10.2 Å². The van der Waals surface area contributed by atoms with Crippen molar-refractivity contribution in [1.82, 2.24) is 15.2 Å². The van der Waals surface area contributed by atoms with Crippen molar-refractivity contribution in [1.29, 1.82) is 0 Å². The number of anilines is 1. The van der Waals surface area contributed by atoms with E-state index in [9.17, 15) is 4.79 Å². The van der Waals surface area contributed by atoms with Crippen LogP contribution in [-0.2, 0) is 4.79 Å². The van der Waals surface area contributed by atoms with Gasteiger partial charge < -0.3 is 14.2 Å². The molecule has 0 unspecified atom stereocenters. The van der Waals surface area contributed by atoms with Gasteiger partial charge in [0.05, 0.1) is 5.69 Å². The number of amides is 1. The average Bonchev–Trinajstić information content (AvgIpc) is 3.18. The molecule has 8 nitrogen and oxygen atoms in total. The standard InChI is InChI=1S/C22H19BrN4O4S/c1-3-8-32-22-24-20-19(25-26-22)13-6-4-5-7-16(13)27(12(2)28)21(31-20)14-9-17-18(10-15(14)23)30-11-29-17/h4-7,9-10,21H,3,8,11H2,1-2H3/t21-/m1/s1. The molecular weight excluding hydrogens is 496 g/mol. The molecule has 10 heteroatoms. The number of halogens is 1. The van der Waals surface area contributed by atoms with Crippen LogP contribution in [0.5, 0.6) is 17.4 Å². The van der Waals surface area contributed by atoms with Crippen LogP contribution in [0.2, 0.25) is 0 Å². The van der Waals surface area contributed by atoms with Crippen LogP contribution in [0.4, 0.5) is 5.69 Å². The van der Waals surface area contributed by atoms with E-state index in [4.69, 9.17) is 14.2 Å².